The number of aryl methyl sites for hydroxylation is 1. The number of rotatable bonds is 3. The van der Waals surface area contributed by atoms with Gasteiger partial charge in [-0.1, -0.05) is 79.7 Å². The first-order valence-electron chi connectivity index (χ1n) is 9.53. The van der Waals surface area contributed by atoms with Gasteiger partial charge in [0.1, 0.15) is 0 Å². The lowest BCUT2D eigenvalue weighted by atomic mass is 10.1. The summed E-state index contributed by atoms with van der Waals surface area (Å²) in [5, 5.41) is 2.62. The molecule has 0 aliphatic heterocycles. The van der Waals surface area contributed by atoms with Gasteiger partial charge < -0.3 is 4.57 Å². The van der Waals surface area contributed by atoms with E-state index in [2.05, 4.69) is 109 Å². The van der Waals surface area contributed by atoms with Gasteiger partial charge in [0, 0.05) is 16.5 Å². The normalized spacial score (nSPS) is 11.3. The zero-order valence-corrected chi connectivity index (χ0v) is 15.4. The van der Waals surface area contributed by atoms with Crippen LogP contribution in [-0.2, 0) is 6.42 Å². The fourth-order valence-electron chi connectivity index (χ4n) is 3.95. The minimum atomic E-state index is 1.05. The van der Waals surface area contributed by atoms with Crippen molar-refractivity contribution < 1.29 is 0 Å². The molecule has 0 fully saturated rings. The van der Waals surface area contributed by atoms with Crippen LogP contribution in [0.5, 0.6) is 0 Å². The van der Waals surface area contributed by atoms with Crippen LogP contribution < -0.4 is 0 Å². The zero-order valence-electron chi connectivity index (χ0n) is 15.4. The summed E-state index contributed by atoms with van der Waals surface area (Å²) in [7, 11) is 0. The number of fused-ring (bicyclic) bond motifs is 3. The Morgan fingerprint density at radius 1 is 0.593 bits per heavy atom. The Labute approximate surface area is 159 Å². The highest BCUT2D eigenvalue weighted by molar-refractivity contribution is 6.09. The number of hydrogen-bond donors (Lipinski definition) is 0. The Balaban J connectivity index is 1.73. The lowest BCUT2D eigenvalue weighted by molar-refractivity contribution is 1.13. The van der Waals surface area contributed by atoms with E-state index in [0.717, 1.165) is 6.42 Å². The number of hydrogen-bond acceptors (Lipinski definition) is 0. The molecule has 0 radical (unpaired) electrons. The van der Waals surface area contributed by atoms with Crippen LogP contribution in [0.1, 0.15) is 12.5 Å². The van der Waals surface area contributed by atoms with Crippen LogP contribution in [0.15, 0.2) is 97.1 Å². The molecule has 0 saturated carbocycles. The standard InChI is InChI=1S/C26H21N/c1-2-19-12-17-24-23-10-6-7-11-25(23)27(26(24)18-19)22-15-13-21(14-16-22)20-8-4-3-5-9-20/h3-18H,2H2,1H3. The van der Waals surface area contributed by atoms with Gasteiger partial charge in [-0.25, -0.2) is 0 Å². The van der Waals surface area contributed by atoms with Crippen LogP contribution in [-0.4, -0.2) is 4.57 Å². The smallest absolute Gasteiger partial charge is 0.0543 e. The minimum absolute atomic E-state index is 1.05. The van der Waals surface area contributed by atoms with E-state index in [4.69, 9.17) is 0 Å². The Bertz CT molecular complexity index is 1230. The molecule has 5 rings (SSSR count). The van der Waals surface area contributed by atoms with Crippen LogP contribution in [0.3, 0.4) is 0 Å². The minimum Gasteiger partial charge on any atom is -0.309 e. The first kappa shape index (κ1) is 15.9. The third-order valence-electron chi connectivity index (χ3n) is 5.38. The Morgan fingerprint density at radius 2 is 1.26 bits per heavy atom. The summed E-state index contributed by atoms with van der Waals surface area (Å²) in [6.45, 7) is 2.21. The average Bonchev–Trinajstić information content (AvgIpc) is 3.08. The highest BCUT2D eigenvalue weighted by atomic mass is 15.0. The Hall–Kier alpha value is -3.32. The summed E-state index contributed by atoms with van der Waals surface area (Å²) >= 11 is 0. The second-order valence-corrected chi connectivity index (χ2v) is 6.97. The molecule has 0 bridgehead atoms. The zero-order chi connectivity index (χ0) is 18.2. The van der Waals surface area contributed by atoms with Crippen molar-refractivity contribution in [1.29, 1.82) is 0 Å². The molecule has 0 aliphatic rings. The SMILES string of the molecule is CCc1ccc2c3ccccc3n(-c3ccc(-c4ccccc4)cc3)c2c1. The molecule has 0 saturated heterocycles. The lowest BCUT2D eigenvalue weighted by Gasteiger charge is -2.10. The molecule has 0 spiro atoms. The predicted molar refractivity (Wildman–Crippen MR) is 116 cm³/mol. The van der Waals surface area contributed by atoms with Gasteiger partial charge in [-0.3, -0.25) is 0 Å². The molecule has 1 heterocycles. The van der Waals surface area contributed by atoms with E-state index in [-0.39, 0.29) is 0 Å². The molecule has 1 nitrogen and oxygen atoms in total. The molecule has 0 atom stereocenters. The van der Waals surface area contributed by atoms with E-state index in [0.29, 0.717) is 0 Å². The summed E-state index contributed by atoms with van der Waals surface area (Å²) in [6.07, 6.45) is 1.05. The van der Waals surface area contributed by atoms with E-state index in [1.165, 1.54) is 44.2 Å². The van der Waals surface area contributed by atoms with Gasteiger partial charge in [0.2, 0.25) is 0 Å². The second kappa shape index (κ2) is 6.44. The largest absolute Gasteiger partial charge is 0.309 e. The van der Waals surface area contributed by atoms with Gasteiger partial charge in [-0.05, 0) is 47.4 Å². The van der Waals surface area contributed by atoms with Gasteiger partial charge in [0.05, 0.1) is 11.0 Å². The molecule has 0 aliphatic carbocycles. The highest BCUT2D eigenvalue weighted by Gasteiger charge is 2.12. The molecular formula is C26H21N. The summed E-state index contributed by atoms with van der Waals surface area (Å²) in [6, 6.07) is 35.0. The van der Waals surface area contributed by atoms with Crippen molar-refractivity contribution in [2.75, 3.05) is 0 Å². The molecule has 5 aromatic rings. The maximum absolute atomic E-state index is 2.39. The van der Waals surface area contributed by atoms with Crippen LogP contribution in [0, 0.1) is 0 Å². The van der Waals surface area contributed by atoms with Crippen molar-refractivity contribution in [3.63, 3.8) is 0 Å². The van der Waals surface area contributed by atoms with Gasteiger partial charge in [-0.15, -0.1) is 0 Å². The van der Waals surface area contributed by atoms with Gasteiger partial charge >= 0.3 is 0 Å². The monoisotopic (exact) mass is 347 g/mol. The van der Waals surface area contributed by atoms with Crippen molar-refractivity contribution in [1.82, 2.24) is 4.57 Å². The predicted octanol–water partition coefficient (Wildman–Crippen LogP) is 7.01. The molecule has 1 heteroatoms. The Kier molecular flexibility index (Phi) is 3.79. The van der Waals surface area contributed by atoms with Gasteiger partial charge in [0.25, 0.3) is 0 Å². The van der Waals surface area contributed by atoms with Gasteiger partial charge in [0.15, 0.2) is 0 Å². The van der Waals surface area contributed by atoms with Gasteiger partial charge in [-0.2, -0.15) is 0 Å². The summed E-state index contributed by atoms with van der Waals surface area (Å²) < 4.78 is 2.39. The second-order valence-electron chi connectivity index (χ2n) is 6.97. The van der Waals surface area contributed by atoms with Crippen LogP contribution >= 0.6 is 0 Å². The first-order valence-corrected chi connectivity index (χ1v) is 9.53. The van der Waals surface area contributed by atoms with Crippen molar-refractivity contribution in [2.24, 2.45) is 0 Å². The molecule has 27 heavy (non-hydrogen) atoms. The third kappa shape index (κ3) is 2.63. The summed E-state index contributed by atoms with van der Waals surface area (Å²) in [5.41, 5.74) is 7.60. The molecular weight excluding hydrogens is 326 g/mol. The van der Waals surface area contributed by atoms with Crippen molar-refractivity contribution in [3.8, 4) is 16.8 Å². The fraction of sp³-hybridized carbons (Fsp3) is 0.0769. The number of para-hydroxylation sites is 1. The molecule has 1 aromatic heterocycles. The molecule has 0 N–H and O–H groups in total. The molecule has 0 amide bonds. The van der Waals surface area contributed by atoms with E-state index < -0.39 is 0 Å². The average molecular weight is 347 g/mol. The van der Waals surface area contributed by atoms with Crippen molar-refractivity contribution in [2.45, 2.75) is 13.3 Å². The molecule has 0 unspecified atom stereocenters. The summed E-state index contributed by atoms with van der Waals surface area (Å²) in [5.74, 6) is 0. The maximum atomic E-state index is 2.39. The first-order chi connectivity index (χ1) is 13.3. The number of aromatic nitrogens is 1. The van der Waals surface area contributed by atoms with Crippen molar-refractivity contribution >= 4 is 21.8 Å². The van der Waals surface area contributed by atoms with E-state index in [9.17, 15) is 0 Å². The van der Waals surface area contributed by atoms with E-state index in [1.807, 2.05) is 0 Å². The lowest BCUT2D eigenvalue weighted by Crippen LogP contribution is -1.94. The Morgan fingerprint density at radius 3 is 2.04 bits per heavy atom. The van der Waals surface area contributed by atoms with Crippen LogP contribution in [0.2, 0.25) is 0 Å². The van der Waals surface area contributed by atoms with Crippen LogP contribution in [0.25, 0.3) is 38.6 Å². The van der Waals surface area contributed by atoms with E-state index >= 15 is 0 Å². The maximum Gasteiger partial charge on any atom is 0.0543 e. The van der Waals surface area contributed by atoms with Crippen LogP contribution in [0.4, 0.5) is 0 Å². The summed E-state index contributed by atoms with van der Waals surface area (Å²) in [4.78, 5) is 0. The molecule has 4 aromatic carbocycles. The van der Waals surface area contributed by atoms with Crippen molar-refractivity contribution in [3.05, 3.63) is 103 Å². The van der Waals surface area contributed by atoms with E-state index in [1.54, 1.807) is 0 Å². The molecule has 130 valence electrons. The third-order valence-corrected chi connectivity index (χ3v) is 5.38. The fourth-order valence-corrected chi connectivity index (χ4v) is 3.95. The number of benzene rings is 4. The quantitative estimate of drug-likeness (QED) is 0.331. The highest BCUT2D eigenvalue weighted by Crippen LogP contribution is 2.33. The topological polar surface area (TPSA) is 4.93 Å². The number of nitrogens with zero attached hydrogens (tertiary/aromatic N) is 1.